The van der Waals surface area contributed by atoms with E-state index in [1.54, 1.807) is 18.2 Å². The van der Waals surface area contributed by atoms with Gasteiger partial charge >= 0.3 is 0 Å². The molecule has 0 saturated heterocycles. The lowest BCUT2D eigenvalue weighted by Crippen LogP contribution is -2.18. The van der Waals surface area contributed by atoms with Crippen LogP contribution < -0.4 is 10.5 Å². The number of amidine groups is 1. The summed E-state index contributed by atoms with van der Waals surface area (Å²) in [6.45, 7) is 0.0839. The molecule has 0 spiro atoms. The van der Waals surface area contributed by atoms with Gasteiger partial charge in [-0.2, -0.15) is 0 Å². The number of oxime groups is 1. The summed E-state index contributed by atoms with van der Waals surface area (Å²) in [6.07, 6.45) is 1.50. The van der Waals surface area contributed by atoms with Gasteiger partial charge in [-0.3, -0.25) is 15.1 Å². The maximum absolute atomic E-state index is 10.7. The first-order valence-corrected chi connectivity index (χ1v) is 5.91. The van der Waals surface area contributed by atoms with Gasteiger partial charge in [-0.25, -0.2) is 0 Å². The molecular weight excluding hydrogens is 276 g/mol. The van der Waals surface area contributed by atoms with E-state index >= 15 is 0 Å². The third-order valence-corrected chi connectivity index (χ3v) is 2.66. The third kappa shape index (κ3) is 3.44. The highest BCUT2D eigenvalue weighted by Gasteiger charge is 2.10. The van der Waals surface area contributed by atoms with E-state index in [-0.39, 0.29) is 18.1 Å². The molecule has 0 amide bonds. The van der Waals surface area contributed by atoms with Gasteiger partial charge in [0.25, 0.3) is 5.69 Å². The van der Waals surface area contributed by atoms with Gasteiger partial charge in [-0.15, -0.1) is 0 Å². The summed E-state index contributed by atoms with van der Waals surface area (Å²) in [7, 11) is 0. The van der Waals surface area contributed by atoms with Crippen LogP contribution in [0.5, 0.6) is 5.75 Å². The minimum absolute atomic E-state index is 0.0599. The van der Waals surface area contributed by atoms with Crippen LogP contribution in [0.3, 0.4) is 0 Å². The van der Waals surface area contributed by atoms with Crippen molar-refractivity contribution < 1.29 is 14.9 Å². The second-order valence-electron chi connectivity index (χ2n) is 4.04. The van der Waals surface area contributed by atoms with E-state index in [0.717, 1.165) is 0 Å². The fraction of sp³-hybridized carbons (Fsp3) is 0.0769. The number of pyridine rings is 1. The normalized spacial score (nSPS) is 11.1. The molecule has 0 bridgehead atoms. The molecule has 8 heteroatoms. The zero-order valence-corrected chi connectivity index (χ0v) is 10.8. The van der Waals surface area contributed by atoms with Crippen LogP contribution in [0.25, 0.3) is 0 Å². The lowest BCUT2D eigenvalue weighted by atomic mass is 10.2. The van der Waals surface area contributed by atoms with Gasteiger partial charge in [-0.05, 0) is 12.1 Å². The lowest BCUT2D eigenvalue weighted by molar-refractivity contribution is -0.384. The number of non-ortho nitro benzene ring substituents is 1. The fourth-order valence-electron chi connectivity index (χ4n) is 1.68. The maximum Gasteiger partial charge on any atom is 0.273 e. The van der Waals surface area contributed by atoms with Gasteiger partial charge in [0.2, 0.25) is 0 Å². The second kappa shape index (κ2) is 6.33. The van der Waals surface area contributed by atoms with E-state index in [0.29, 0.717) is 17.0 Å². The first kappa shape index (κ1) is 14.3. The van der Waals surface area contributed by atoms with Crippen LogP contribution in [0.1, 0.15) is 11.3 Å². The van der Waals surface area contributed by atoms with Crippen molar-refractivity contribution >= 4 is 11.5 Å². The number of nitro benzene ring substituents is 1. The topological polar surface area (TPSA) is 124 Å². The number of rotatable bonds is 5. The summed E-state index contributed by atoms with van der Waals surface area (Å²) in [5.74, 6) is 0.215. The molecule has 1 aromatic carbocycles. The number of benzene rings is 1. The van der Waals surface area contributed by atoms with Crippen molar-refractivity contribution in [1.82, 2.24) is 4.98 Å². The molecule has 0 fully saturated rings. The van der Waals surface area contributed by atoms with Gasteiger partial charge in [0.1, 0.15) is 18.1 Å². The zero-order valence-electron chi connectivity index (χ0n) is 10.8. The van der Waals surface area contributed by atoms with Crippen molar-refractivity contribution in [2.75, 3.05) is 0 Å². The van der Waals surface area contributed by atoms with E-state index in [1.807, 2.05) is 0 Å². The summed E-state index contributed by atoms with van der Waals surface area (Å²) in [4.78, 5) is 14.2. The van der Waals surface area contributed by atoms with Gasteiger partial charge in [0.05, 0.1) is 11.0 Å². The Kier molecular flexibility index (Phi) is 4.30. The minimum Gasteiger partial charge on any atom is -0.489 e. The molecule has 21 heavy (non-hydrogen) atoms. The monoisotopic (exact) mass is 288 g/mol. The van der Waals surface area contributed by atoms with Crippen LogP contribution in [0.4, 0.5) is 5.69 Å². The van der Waals surface area contributed by atoms with Crippen molar-refractivity contribution in [2.45, 2.75) is 6.61 Å². The van der Waals surface area contributed by atoms with E-state index in [2.05, 4.69) is 10.1 Å². The highest BCUT2D eigenvalue weighted by molar-refractivity contribution is 5.96. The van der Waals surface area contributed by atoms with Crippen molar-refractivity contribution in [1.29, 1.82) is 0 Å². The number of hydrogen-bond donors (Lipinski definition) is 2. The summed E-state index contributed by atoms with van der Waals surface area (Å²) in [5, 5.41) is 22.3. The second-order valence-corrected chi connectivity index (χ2v) is 4.04. The van der Waals surface area contributed by atoms with Crippen LogP contribution in [-0.4, -0.2) is 21.0 Å². The Morgan fingerprint density at radius 1 is 1.43 bits per heavy atom. The van der Waals surface area contributed by atoms with Gasteiger partial charge in [0.15, 0.2) is 5.84 Å². The van der Waals surface area contributed by atoms with E-state index in [4.69, 9.17) is 15.7 Å². The summed E-state index contributed by atoms with van der Waals surface area (Å²) >= 11 is 0. The summed E-state index contributed by atoms with van der Waals surface area (Å²) in [5.41, 5.74) is 6.35. The highest BCUT2D eigenvalue weighted by atomic mass is 16.6. The Bertz CT molecular complexity index is 687. The highest BCUT2D eigenvalue weighted by Crippen LogP contribution is 2.20. The Balaban J connectivity index is 2.17. The molecule has 3 N–H and O–H groups in total. The van der Waals surface area contributed by atoms with Crippen molar-refractivity contribution in [3.05, 3.63) is 64.0 Å². The average Bonchev–Trinajstić information content (AvgIpc) is 2.52. The molecule has 2 rings (SSSR count). The molecule has 0 aliphatic heterocycles. The molecule has 0 radical (unpaired) electrons. The largest absolute Gasteiger partial charge is 0.489 e. The number of hydrogen-bond acceptors (Lipinski definition) is 6. The molecule has 2 aromatic rings. The Labute approximate surface area is 119 Å². The number of nitro groups is 1. The van der Waals surface area contributed by atoms with E-state index < -0.39 is 4.92 Å². The predicted molar refractivity (Wildman–Crippen MR) is 74.2 cm³/mol. The number of aromatic nitrogens is 1. The number of nitrogens with zero attached hydrogens (tertiary/aromatic N) is 3. The SMILES string of the molecule is NC(=NO)c1ncccc1COc1cccc([N+](=O)[O-])c1. The molecule has 0 aliphatic carbocycles. The number of ether oxygens (including phenoxy) is 1. The Morgan fingerprint density at radius 2 is 2.24 bits per heavy atom. The number of nitrogens with two attached hydrogens (primary N) is 1. The van der Waals surface area contributed by atoms with Crippen LogP contribution in [-0.2, 0) is 6.61 Å². The predicted octanol–water partition coefficient (Wildman–Crippen LogP) is 1.66. The first-order valence-electron chi connectivity index (χ1n) is 5.91. The smallest absolute Gasteiger partial charge is 0.273 e. The van der Waals surface area contributed by atoms with E-state index in [9.17, 15) is 10.1 Å². The van der Waals surface area contributed by atoms with Crippen molar-refractivity contribution in [2.24, 2.45) is 10.9 Å². The van der Waals surface area contributed by atoms with Crippen LogP contribution in [0, 0.1) is 10.1 Å². The quantitative estimate of drug-likeness (QED) is 0.283. The molecule has 0 saturated carbocycles. The molecule has 108 valence electrons. The van der Waals surface area contributed by atoms with Gasteiger partial charge in [0, 0.05) is 17.8 Å². The van der Waals surface area contributed by atoms with Crippen molar-refractivity contribution in [3.63, 3.8) is 0 Å². The summed E-state index contributed by atoms with van der Waals surface area (Å²) < 4.78 is 5.48. The minimum atomic E-state index is -0.501. The maximum atomic E-state index is 10.7. The van der Waals surface area contributed by atoms with Gasteiger partial charge < -0.3 is 15.7 Å². The van der Waals surface area contributed by atoms with Crippen LogP contribution >= 0.6 is 0 Å². The standard InChI is InChI=1S/C13H12N4O4/c14-13(16-18)12-9(3-2-6-15-12)8-21-11-5-1-4-10(7-11)17(19)20/h1-7,18H,8H2,(H2,14,16). The molecule has 8 nitrogen and oxygen atoms in total. The molecule has 0 aliphatic rings. The summed E-state index contributed by atoms with van der Waals surface area (Å²) in [6, 6.07) is 9.21. The molecule has 1 aromatic heterocycles. The average molecular weight is 288 g/mol. The lowest BCUT2D eigenvalue weighted by Gasteiger charge is -2.09. The Morgan fingerprint density at radius 3 is 2.95 bits per heavy atom. The molecule has 0 atom stereocenters. The van der Waals surface area contributed by atoms with Crippen LogP contribution in [0.2, 0.25) is 0 Å². The molecule has 1 heterocycles. The van der Waals surface area contributed by atoms with Crippen molar-refractivity contribution in [3.8, 4) is 5.75 Å². The van der Waals surface area contributed by atoms with Crippen LogP contribution in [0.15, 0.2) is 47.8 Å². The zero-order chi connectivity index (χ0) is 15.2. The molecule has 0 unspecified atom stereocenters. The van der Waals surface area contributed by atoms with Gasteiger partial charge in [-0.1, -0.05) is 17.3 Å². The molecular formula is C13H12N4O4. The van der Waals surface area contributed by atoms with E-state index in [1.165, 1.54) is 24.4 Å². The third-order valence-electron chi connectivity index (χ3n) is 2.66. The fourth-order valence-corrected chi connectivity index (χ4v) is 1.68. The first-order chi connectivity index (χ1) is 10.1. The Hall–Kier alpha value is -3.16.